The minimum absolute atomic E-state index is 0.250. The molecule has 0 fully saturated rings. The minimum atomic E-state index is -0.250. The molecule has 0 atom stereocenters. The van der Waals surface area contributed by atoms with Crippen LogP contribution in [0.1, 0.15) is 13.8 Å². The van der Waals surface area contributed by atoms with Crippen LogP contribution in [0.5, 0.6) is 11.5 Å². The normalized spacial score (nSPS) is 10.5. The summed E-state index contributed by atoms with van der Waals surface area (Å²) in [5.74, 6) is 1.16. The predicted octanol–water partition coefficient (Wildman–Crippen LogP) is 2.93. The summed E-state index contributed by atoms with van der Waals surface area (Å²) >= 11 is 3.41. The van der Waals surface area contributed by atoms with Crippen LogP contribution in [0.4, 0.5) is 10.5 Å². The quantitative estimate of drug-likeness (QED) is 0.735. The number of nitrogens with one attached hydrogen (secondary N) is 2. The smallest absolute Gasteiger partial charge is 0.319 e. The number of rotatable bonds is 8. The third kappa shape index (κ3) is 5.38. The molecule has 7 heteroatoms. The molecule has 0 unspecified atom stereocenters. The number of carbonyl (C=O) groups excluding carboxylic acids is 1. The Labute approximate surface area is 140 Å². The van der Waals surface area contributed by atoms with Gasteiger partial charge in [0.15, 0.2) is 11.5 Å². The van der Waals surface area contributed by atoms with Crippen molar-refractivity contribution in [1.29, 1.82) is 0 Å². The summed E-state index contributed by atoms with van der Waals surface area (Å²) in [7, 11) is 3.12. The molecule has 0 saturated carbocycles. The molecule has 1 aromatic carbocycles. The molecule has 0 aliphatic heterocycles. The van der Waals surface area contributed by atoms with Gasteiger partial charge in [-0.3, -0.25) is 0 Å². The molecule has 2 amide bonds. The number of anilines is 1. The van der Waals surface area contributed by atoms with E-state index in [2.05, 4.69) is 45.3 Å². The average molecular weight is 374 g/mol. The van der Waals surface area contributed by atoms with E-state index in [-0.39, 0.29) is 6.03 Å². The molecular weight excluding hydrogens is 350 g/mol. The Bertz CT molecular complexity index is 493. The maximum atomic E-state index is 11.9. The van der Waals surface area contributed by atoms with E-state index in [1.807, 2.05) is 0 Å². The first-order chi connectivity index (χ1) is 10.5. The first-order valence-corrected chi connectivity index (χ1v) is 8.03. The second kappa shape index (κ2) is 9.53. The molecule has 124 valence electrons. The van der Waals surface area contributed by atoms with Crippen molar-refractivity contribution in [2.24, 2.45) is 0 Å². The summed E-state index contributed by atoms with van der Waals surface area (Å²) in [6.45, 7) is 7.57. The van der Waals surface area contributed by atoms with E-state index in [4.69, 9.17) is 9.47 Å². The number of urea groups is 1. The first-order valence-electron chi connectivity index (χ1n) is 7.24. The van der Waals surface area contributed by atoms with E-state index in [0.717, 1.165) is 24.1 Å². The lowest BCUT2D eigenvalue weighted by atomic mass is 10.2. The number of methoxy groups -OCH3 is 2. The van der Waals surface area contributed by atoms with Crippen molar-refractivity contribution in [2.75, 3.05) is 45.7 Å². The Morgan fingerprint density at radius 2 is 1.77 bits per heavy atom. The van der Waals surface area contributed by atoms with Gasteiger partial charge in [-0.05, 0) is 29.0 Å². The molecule has 0 spiro atoms. The number of hydrogen-bond acceptors (Lipinski definition) is 4. The number of carbonyl (C=O) groups is 1. The van der Waals surface area contributed by atoms with Crippen molar-refractivity contribution in [1.82, 2.24) is 10.2 Å². The predicted molar refractivity (Wildman–Crippen MR) is 92.1 cm³/mol. The van der Waals surface area contributed by atoms with Crippen LogP contribution in [-0.4, -0.2) is 51.3 Å². The summed E-state index contributed by atoms with van der Waals surface area (Å²) in [6, 6.07) is 3.22. The zero-order valence-corrected chi connectivity index (χ0v) is 15.1. The standard InChI is InChI=1S/C15H24BrN3O3/c1-5-19(6-2)8-7-17-15(20)18-12-10-14(22-4)13(21-3)9-11(12)16/h9-10H,5-8H2,1-4H3,(H2,17,18,20). The van der Waals surface area contributed by atoms with Crippen molar-refractivity contribution in [3.63, 3.8) is 0 Å². The first kappa shape index (κ1) is 18.6. The van der Waals surface area contributed by atoms with E-state index < -0.39 is 0 Å². The molecule has 0 saturated heterocycles. The number of benzene rings is 1. The van der Waals surface area contributed by atoms with Crippen LogP contribution < -0.4 is 20.1 Å². The topological polar surface area (TPSA) is 62.8 Å². The van der Waals surface area contributed by atoms with Gasteiger partial charge in [-0.1, -0.05) is 13.8 Å². The van der Waals surface area contributed by atoms with Gasteiger partial charge in [0.05, 0.1) is 19.9 Å². The average Bonchev–Trinajstić information content (AvgIpc) is 2.53. The number of ether oxygens (including phenoxy) is 2. The number of nitrogens with zero attached hydrogens (tertiary/aromatic N) is 1. The SMILES string of the molecule is CCN(CC)CCNC(=O)Nc1cc(OC)c(OC)cc1Br. The van der Waals surface area contributed by atoms with Crippen LogP contribution in [0, 0.1) is 0 Å². The Hall–Kier alpha value is -1.47. The van der Waals surface area contributed by atoms with E-state index in [9.17, 15) is 4.79 Å². The molecule has 0 aliphatic carbocycles. The lowest BCUT2D eigenvalue weighted by Crippen LogP contribution is -2.36. The molecule has 1 rings (SSSR count). The molecule has 6 nitrogen and oxygen atoms in total. The van der Waals surface area contributed by atoms with Gasteiger partial charge < -0.3 is 25.0 Å². The van der Waals surface area contributed by atoms with Crippen LogP contribution in [0.3, 0.4) is 0 Å². The molecular formula is C15H24BrN3O3. The summed E-state index contributed by atoms with van der Waals surface area (Å²) in [5, 5.41) is 5.63. The lowest BCUT2D eigenvalue weighted by molar-refractivity contribution is 0.247. The fraction of sp³-hybridized carbons (Fsp3) is 0.533. The fourth-order valence-electron chi connectivity index (χ4n) is 1.98. The van der Waals surface area contributed by atoms with Crippen molar-refractivity contribution in [3.8, 4) is 11.5 Å². The molecule has 1 aromatic rings. The fourth-order valence-corrected chi connectivity index (χ4v) is 2.41. The molecule has 0 aromatic heterocycles. The molecule has 0 heterocycles. The summed E-state index contributed by atoms with van der Waals surface area (Å²) in [6.07, 6.45) is 0. The van der Waals surface area contributed by atoms with Crippen molar-refractivity contribution < 1.29 is 14.3 Å². The number of halogens is 1. The largest absolute Gasteiger partial charge is 0.493 e. The van der Waals surface area contributed by atoms with E-state index in [0.29, 0.717) is 23.7 Å². The molecule has 2 N–H and O–H groups in total. The molecule has 0 radical (unpaired) electrons. The van der Waals surface area contributed by atoms with Crippen LogP contribution in [0.15, 0.2) is 16.6 Å². The Morgan fingerprint density at radius 3 is 2.32 bits per heavy atom. The van der Waals surface area contributed by atoms with Gasteiger partial charge in [0.2, 0.25) is 0 Å². The second-order valence-corrected chi connectivity index (χ2v) is 5.45. The zero-order chi connectivity index (χ0) is 16.5. The Kier molecular flexibility index (Phi) is 8.05. The summed E-state index contributed by atoms with van der Waals surface area (Å²) in [5.41, 5.74) is 0.623. The van der Waals surface area contributed by atoms with E-state index in [1.165, 1.54) is 0 Å². The number of hydrogen-bond donors (Lipinski definition) is 2. The van der Waals surface area contributed by atoms with E-state index >= 15 is 0 Å². The molecule has 0 aliphatic rings. The van der Waals surface area contributed by atoms with Crippen molar-refractivity contribution in [2.45, 2.75) is 13.8 Å². The Morgan fingerprint density at radius 1 is 1.18 bits per heavy atom. The van der Waals surface area contributed by atoms with Crippen LogP contribution in [0.25, 0.3) is 0 Å². The second-order valence-electron chi connectivity index (χ2n) is 4.59. The molecule has 0 bridgehead atoms. The highest BCUT2D eigenvalue weighted by molar-refractivity contribution is 9.10. The van der Waals surface area contributed by atoms with Crippen LogP contribution in [0.2, 0.25) is 0 Å². The van der Waals surface area contributed by atoms with Crippen molar-refractivity contribution in [3.05, 3.63) is 16.6 Å². The van der Waals surface area contributed by atoms with Gasteiger partial charge in [0, 0.05) is 29.7 Å². The van der Waals surface area contributed by atoms with Crippen molar-refractivity contribution >= 4 is 27.6 Å². The summed E-state index contributed by atoms with van der Waals surface area (Å²) in [4.78, 5) is 14.2. The Balaban J connectivity index is 2.61. The van der Waals surface area contributed by atoms with Gasteiger partial charge in [-0.15, -0.1) is 0 Å². The van der Waals surface area contributed by atoms with E-state index in [1.54, 1.807) is 26.4 Å². The number of amides is 2. The highest BCUT2D eigenvalue weighted by Gasteiger charge is 2.11. The summed E-state index contributed by atoms with van der Waals surface area (Å²) < 4.78 is 11.2. The highest BCUT2D eigenvalue weighted by atomic mass is 79.9. The van der Waals surface area contributed by atoms with Gasteiger partial charge >= 0.3 is 6.03 Å². The third-order valence-electron chi connectivity index (χ3n) is 3.33. The van der Waals surface area contributed by atoms with Gasteiger partial charge in [-0.25, -0.2) is 4.79 Å². The van der Waals surface area contributed by atoms with Crippen LogP contribution in [-0.2, 0) is 0 Å². The van der Waals surface area contributed by atoms with Gasteiger partial charge in [0.25, 0.3) is 0 Å². The third-order valence-corrected chi connectivity index (χ3v) is 3.99. The lowest BCUT2D eigenvalue weighted by Gasteiger charge is -2.18. The molecule has 22 heavy (non-hydrogen) atoms. The van der Waals surface area contributed by atoms with Gasteiger partial charge in [-0.2, -0.15) is 0 Å². The number of likely N-dealkylation sites (N-methyl/N-ethyl adjacent to an activating group) is 1. The zero-order valence-electron chi connectivity index (χ0n) is 13.5. The van der Waals surface area contributed by atoms with Gasteiger partial charge in [0.1, 0.15) is 0 Å². The maximum absolute atomic E-state index is 11.9. The highest BCUT2D eigenvalue weighted by Crippen LogP contribution is 2.36. The minimum Gasteiger partial charge on any atom is -0.493 e. The van der Waals surface area contributed by atoms with Crippen LogP contribution >= 0.6 is 15.9 Å². The monoisotopic (exact) mass is 373 g/mol. The maximum Gasteiger partial charge on any atom is 0.319 e.